The van der Waals surface area contributed by atoms with E-state index < -0.39 is 23.3 Å². The first-order valence-electron chi connectivity index (χ1n) is 9.21. The number of benzene rings is 2. The lowest BCUT2D eigenvalue weighted by molar-refractivity contribution is 0.0688. The molecule has 0 unspecified atom stereocenters. The number of aryl methyl sites for hydroxylation is 1. The zero-order chi connectivity index (χ0) is 22.0. The standard InChI is InChI=1S/C21H17N5O5/c1-12-7-15-16(24-18(20(28)29)19(27)25-15)8-17(12)26-9-14(22-11-26)10-31-21(30)23-13-5-3-2-4-6-13/h2-9,11H,10H2,1H3,(H,23,30)(H,25,27)(H,28,29). The summed E-state index contributed by atoms with van der Waals surface area (Å²) in [5, 5.41) is 11.7. The van der Waals surface area contributed by atoms with E-state index in [1.807, 2.05) is 13.0 Å². The van der Waals surface area contributed by atoms with Crippen molar-refractivity contribution in [1.29, 1.82) is 0 Å². The van der Waals surface area contributed by atoms with E-state index in [0.29, 0.717) is 28.1 Å². The summed E-state index contributed by atoms with van der Waals surface area (Å²) < 4.78 is 6.90. The number of fused-ring (bicyclic) bond motifs is 1. The first-order chi connectivity index (χ1) is 14.9. The van der Waals surface area contributed by atoms with Crippen LogP contribution in [0.25, 0.3) is 16.7 Å². The molecule has 0 fully saturated rings. The van der Waals surface area contributed by atoms with Crippen molar-refractivity contribution >= 4 is 28.8 Å². The monoisotopic (exact) mass is 419 g/mol. The number of aromatic carboxylic acids is 1. The maximum atomic E-state index is 11.9. The van der Waals surface area contributed by atoms with Gasteiger partial charge in [-0.25, -0.2) is 19.6 Å². The van der Waals surface area contributed by atoms with Crippen molar-refractivity contribution in [2.24, 2.45) is 0 Å². The van der Waals surface area contributed by atoms with Crippen molar-refractivity contribution < 1.29 is 19.4 Å². The highest BCUT2D eigenvalue weighted by Crippen LogP contribution is 2.20. The lowest BCUT2D eigenvalue weighted by Gasteiger charge is -2.09. The number of para-hydroxylation sites is 1. The molecule has 0 aliphatic carbocycles. The number of hydrogen-bond acceptors (Lipinski definition) is 6. The van der Waals surface area contributed by atoms with Crippen molar-refractivity contribution in [3.8, 4) is 5.69 Å². The van der Waals surface area contributed by atoms with Gasteiger partial charge in [-0.15, -0.1) is 0 Å². The molecule has 156 valence electrons. The van der Waals surface area contributed by atoms with E-state index in [4.69, 9.17) is 9.84 Å². The predicted molar refractivity (Wildman–Crippen MR) is 111 cm³/mol. The van der Waals surface area contributed by atoms with Gasteiger partial charge in [0.25, 0.3) is 5.56 Å². The number of carbonyl (C=O) groups excluding carboxylic acids is 1. The number of H-pyrrole nitrogens is 1. The molecule has 4 rings (SSSR count). The number of carbonyl (C=O) groups is 2. The first-order valence-corrected chi connectivity index (χ1v) is 9.21. The van der Waals surface area contributed by atoms with Crippen molar-refractivity contribution in [3.05, 3.63) is 82.3 Å². The third-order valence-electron chi connectivity index (χ3n) is 4.50. The van der Waals surface area contributed by atoms with Crippen LogP contribution in [0.2, 0.25) is 0 Å². The second kappa shape index (κ2) is 8.11. The number of carboxylic acids is 1. The minimum Gasteiger partial charge on any atom is -0.476 e. The Labute approximate surface area is 175 Å². The summed E-state index contributed by atoms with van der Waals surface area (Å²) >= 11 is 0. The van der Waals surface area contributed by atoms with Crippen LogP contribution in [-0.2, 0) is 11.3 Å². The molecule has 0 radical (unpaired) electrons. The number of hydrogen-bond donors (Lipinski definition) is 3. The molecule has 2 aromatic carbocycles. The summed E-state index contributed by atoms with van der Waals surface area (Å²) in [6, 6.07) is 12.3. The van der Waals surface area contributed by atoms with Gasteiger partial charge in [0.1, 0.15) is 6.61 Å². The molecule has 0 aliphatic rings. The van der Waals surface area contributed by atoms with E-state index in [9.17, 15) is 14.4 Å². The van der Waals surface area contributed by atoms with E-state index in [0.717, 1.165) is 5.56 Å². The van der Waals surface area contributed by atoms with Crippen molar-refractivity contribution in [3.63, 3.8) is 0 Å². The number of rotatable bonds is 5. The maximum absolute atomic E-state index is 11.9. The van der Waals surface area contributed by atoms with Gasteiger partial charge in [-0.1, -0.05) is 18.2 Å². The molecule has 1 amide bonds. The van der Waals surface area contributed by atoms with Crippen LogP contribution in [-0.4, -0.2) is 36.7 Å². The molecule has 2 aromatic heterocycles. The van der Waals surface area contributed by atoms with E-state index >= 15 is 0 Å². The van der Waals surface area contributed by atoms with Gasteiger partial charge in [-0.3, -0.25) is 10.1 Å². The molecular weight excluding hydrogens is 402 g/mol. The fraction of sp³-hybridized carbons (Fsp3) is 0.0952. The molecule has 10 heteroatoms. The van der Waals surface area contributed by atoms with Crippen molar-refractivity contribution in [1.82, 2.24) is 19.5 Å². The van der Waals surface area contributed by atoms with E-state index in [1.165, 1.54) is 0 Å². The highest BCUT2D eigenvalue weighted by molar-refractivity contribution is 5.88. The Morgan fingerprint density at radius 2 is 2.00 bits per heavy atom. The van der Waals surface area contributed by atoms with Gasteiger partial charge in [0.2, 0.25) is 5.69 Å². The number of amides is 1. The summed E-state index contributed by atoms with van der Waals surface area (Å²) in [5.41, 5.74) is 2.05. The minimum atomic E-state index is -1.40. The van der Waals surface area contributed by atoms with Gasteiger partial charge in [0.15, 0.2) is 0 Å². The van der Waals surface area contributed by atoms with E-state index in [2.05, 4.69) is 20.3 Å². The summed E-state index contributed by atoms with van der Waals surface area (Å²) in [6.45, 7) is 1.80. The lowest BCUT2D eigenvalue weighted by Crippen LogP contribution is -2.20. The molecule has 0 spiro atoms. The van der Waals surface area contributed by atoms with Crippen LogP contribution < -0.4 is 10.9 Å². The number of aromatic nitrogens is 4. The van der Waals surface area contributed by atoms with Crippen LogP contribution in [0.4, 0.5) is 10.5 Å². The SMILES string of the molecule is Cc1cc2[nH]c(=O)c(C(=O)O)nc2cc1-n1cnc(COC(=O)Nc2ccccc2)c1. The summed E-state index contributed by atoms with van der Waals surface area (Å²) in [5.74, 6) is -1.40. The molecule has 10 nitrogen and oxygen atoms in total. The normalized spacial score (nSPS) is 10.7. The lowest BCUT2D eigenvalue weighted by atomic mass is 10.1. The molecule has 0 bridgehead atoms. The average molecular weight is 419 g/mol. The van der Waals surface area contributed by atoms with Crippen LogP contribution in [0, 0.1) is 6.92 Å². The smallest absolute Gasteiger partial charge is 0.412 e. The number of anilines is 1. The Balaban J connectivity index is 1.53. The number of nitrogens with zero attached hydrogens (tertiary/aromatic N) is 3. The Hall–Kier alpha value is -4.47. The zero-order valence-corrected chi connectivity index (χ0v) is 16.3. The number of nitrogens with one attached hydrogen (secondary N) is 2. The molecule has 0 aliphatic heterocycles. The molecule has 0 saturated heterocycles. The first kappa shape index (κ1) is 19.8. The van der Waals surface area contributed by atoms with Crippen molar-refractivity contribution in [2.75, 3.05) is 5.32 Å². The zero-order valence-electron chi connectivity index (χ0n) is 16.3. The Morgan fingerprint density at radius 1 is 1.23 bits per heavy atom. The molecule has 4 aromatic rings. The van der Waals surface area contributed by atoms with Gasteiger partial charge >= 0.3 is 12.1 Å². The Bertz CT molecular complexity index is 1340. The van der Waals surface area contributed by atoms with Gasteiger partial charge in [-0.05, 0) is 36.8 Å². The Kier molecular flexibility index (Phi) is 5.19. The topological polar surface area (TPSA) is 139 Å². The summed E-state index contributed by atoms with van der Waals surface area (Å²) in [4.78, 5) is 45.7. The quantitative estimate of drug-likeness (QED) is 0.452. The van der Waals surface area contributed by atoms with Gasteiger partial charge in [0.05, 0.1) is 28.7 Å². The van der Waals surface area contributed by atoms with E-state index in [-0.39, 0.29) is 6.61 Å². The molecule has 3 N–H and O–H groups in total. The highest BCUT2D eigenvalue weighted by atomic mass is 16.5. The van der Waals surface area contributed by atoms with Crippen LogP contribution >= 0.6 is 0 Å². The number of imidazole rings is 1. The summed E-state index contributed by atoms with van der Waals surface area (Å²) in [7, 11) is 0. The van der Waals surface area contributed by atoms with E-state index in [1.54, 1.807) is 53.5 Å². The maximum Gasteiger partial charge on any atom is 0.412 e. The fourth-order valence-corrected chi connectivity index (χ4v) is 3.04. The third kappa shape index (κ3) is 4.27. The second-order valence-electron chi connectivity index (χ2n) is 6.71. The number of carboxylic acid groups (broad SMARTS) is 1. The second-order valence-corrected chi connectivity index (χ2v) is 6.71. The molecule has 31 heavy (non-hydrogen) atoms. The molecule has 2 heterocycles. The fourth-order valence-electron chi connectivity index (χ4n) is 3.04. The molecule has 0 atom stereocenters. The van der Waals surface area contributed by atoms with Crippen LogP contribution in [0.15, 0.2) is 59.8 Å². The largest absolute Gasteiger partial charge is 0.476 e. The highest BCUT2D eigenvalue weighted by Gasteiger charge is 2.14. The minimum absolute atomic E-state index is 0.0347. The van der Waals surface area contributed by atoms with Crippen LogP contribution in [0.5, 0.6) is 0 Å². The predicted octanol–water partition coefficient (Wildman–Crippen LogP) is 2.86. The van der Waals surface area contributed by atoms with Crippen LogP contribution in [0.1, 0.15) is 21.7 Å². The van der Waals surface area contributed by atoms with Crippen molar-refractivity contribution in [2.45, 2.75) is 13.5 Å². The third-order valence-corrected chi connectivity index (χ3v) is 4.50. The van der Waals surface area contributed by atoms with Gasteiger partial charge in [0, 0.05) is 11.9 Å². The van der Waals surface area contributed by atoms with Crippen LogP contribution in [0.3, 0.4) is 0 Å². The molecular formula is C21H17N5O5. The van der Waals surface area contributed by atoms with Gasteiger partial charge < -0.3 is 19.4 Å². The average Bonchev–Trinajstić information content (AvgIpc) is 3.21. The Morgan fingerprint density at radius 3 is 2.74 bits per heavy atom. The molecule has 0 saturated carbocycles. The number of aromatic amines is 1. The van der Waals surface area contributed by atoms with Gasteiger partial charge in [-0.2, -0.15) is 0 Å². The summed E-state index contributed by atoms with van der Waals surface area (Å²) in [6.07, 6.45) is 2.64. The number of ether oxygens (including phenoxy) is 1.